The summed E-state index contributed by atoms with van der Waals surface area (Å²) in [6, 6.07) is 18.0. The van der Waals surface area contributed by atoms with Crippen molar-refractivity contribution in [3.8, 4) is 0 Å². The lowest BCUT2D eigenvalue weighted by Crippen LogP contribution is -2.05. The zero-order valence-corrected chi connectivity index (χ0v) is 17.6. The fourth-order valence-corrected chi connectivity index (χ4v) is 5.24. The molecule has 2 heterocycles. The number of carbonyl (C=O) groups excluding carboxylic acids is 1. The first kappa shape index (κ1) is 18.8. The van der Waals surface area contributed by atoms with E-state index in [1.54, 1.807) is 11.3 Å². The lowest BCUT2D eigenvalue weighted by molar-refractivity contribution is -0.114. The number of amides is 1. The number of fused-ring (bicyclic) bond motifs is 3. The molecule has 1 aliphatic carbocycles. The molecule has 0 fully saturated rings. The van der Waals surface area contributed by atoms with Gasteiger partial charge in [-0.15, -0.1) is 11.3 Å². The van der Waals surface area contributed by atoms with Gasteiger partial charge < -0.3 is 10.6 Å². The highest BCUT2D eigenvalue weighted by atomic mass is 32.1. The quantitative estimate of drug-likeness (QED) is 0.454. The number of nitrogens with one attached hydrogen (secondary N) is 2. The van der Waals surface area contributed by atoms with Crippen LogP contribution in [0.4, 0.5) is 17.2 Å². The van der Waals surface area contributed by atoms with E-state index in [-0.39, 0.29) is 5.91 Å². The van der Waals surface area contributed by atoms with E-state index in [1.807, 2.05) is 42.5 Å². The van der Waals surface area contributed by atoms with Crippen molar-refractivity contribution in [2.45, 2.75) is 32.6 Å². The molecule has 5 nitrogen and oxygen atoms in total. The average molecular weight is 415 g/mol. The van der Waals surface area contributed by atoms with Crippen molar-refractivity contribution in [1.82, 2.24) is 9.97 Å². The molecule has 1 amide bonds. The minimum atomic E-state index is -0.0763. The second kappa shape index (κ2) is 7.88. The van der Waals surface area contributed by atoms with Crippen molar-refractivity contribution >= 4 is 44.7 Å². The minimum absolute atomic E-state index is 0.0763. The van der Waals surface area contributed by atoms with Crippen LogP contribution in [0.15, 0.2) is 54.6 Å². The van der Waals surface area contributed by atoms with Crippen LogP contribution in [0.2, 0.25) is 0 Å². The maximum absolute atomic E-state index is 11.3. The van der Waals surface area contributed by atoms with Crippen LogP contribution >= 0.6 is 11.3 Å². The summed E-state index contributed by atoms with van der Waals surface area (Å²) in [6.45, 7) is 1.51. The summed E-state index contributed by atoms with van der Waals surface area (Å²) in [6.07, 6.45) is 4.13. The molecule has 0 bridgehead atoms. The molecule has 0 spiro atoms. The Labute approximate surface area is 179 Å². The van der Waals surface area contributed by atoms with E-state index in [1.165, 1.54) is 29.3 Å². The first-order valence-corrected chi connectivity index (χ1v) is 11.0. The molecule has 0 saturated carbocycles. The summed E-state index contributed by atoms with van der Waals surface area (Å²) >= 11 is 1.81. The summed E-state index contributed by atoms with van der Waals surface area (Å²) in [7, 11) is 0. The van der Waals surface area contributed by atoms with Crippen molar-refractivity contribution < 1.29 is 4.79 Å². The van der Waals surface area contributed by atoms with Gasteiger partial charge in [0.2, 0.25) is 5.91 Å². The number of anilines is 3. The second-order valence-corrected chi connectivity index (χ2v) is 8.66. The van der Waals surface area contributed by atoms with Crippen molar-refractivity contribution in [1.29, 1.82) is 0 Å². The predicted molar refractivity (Wildman–Crippen MR) is 123 cm³/mol. The fraction of sp³-hybridized carbons (Fsp3) is 0.208. The number of carbonyl (C=O) groups is 1. The third-order valence-corrected chi connectivity index (χ3v) is 6.47. The van der Waals surface area contributed by atoms with Crippen LogP contribution < -0.4 is 10.6 Å². The van der Waals surface area contributed by atoms with E-state index in [0.29, 0.717) is 6.42 Å². The molecule has 0 unspecified atom stereocenters. The first-order valence-electron chi connectivity index (χ1n) is 10.2. The summed E-state index contributed by atoms with van der Waals surface area (Å²) in [5.74, 6) is 1.62. The average Bonchev–Trinajstić information content (AvgIpc) is 3.31. The Morgan fingerprint density at radius 3 is 2.53 bits per heavy atom. The maximum Gasteiger partial charge on any atom is 0.221 e. The Morgan fingerprint density at radius 1 is 1.00 bits per heavy atom. The highest BCUT2D eigenvalue weighted by Gasteiger charge is 2.22. The van der Waals surface area contributed by atoms with Crippen LogP contribution in [0.1, 0.15) is 35.2 Å². The van der Waals surface area contributed by atoms with Crippen LogP contribution in [-0.2, 0) is 24.1 Å². The topological polar surface area (TPSA) is 66.9 Å². The Balaban J connectivity index is 1.52. The van der Waals surface area contributed by atoms with Gasteiger partial charge in [0.1, 0.15) is 16.5 Å². The largest absolute Gasteiger partial charge is 0.340 e. The van der Waals surface area contributed by atoms with Gasteiger partial charge in [0, 0.05) is 29.6 Å². The van der Waals surface area contributed by atoms with E-state index in [0.717, 1.165) is 46.1 Å². The monoisotopic (exact) mass is 414 g/mol. The molecule has 6 heteroatoms. The molecule has 2 N–H and O–H groups in total. The number of rotatable bonds is 5. The Hall–Kier alpha value is -3.25. The number of nitrogens with zero attached hydrogens (tertiary/aromatic N) is 2. The van der Waals surface area contributed by atoms with Crippen molar-refractivity contribution in [3.63, 3.8) is 0 Å². The number of aryl methyl sites for hydroxylation is 2. The third-order valence-electron chi connectivity index (χ3n) is 5.28. The van der Waals surface area contributed by atoms with E-state index in [4.69, 9.17) is 9.97 Å². The van der Waals surface area contributed by atoms with Gasteiger partial charge in [-0.3, -0.25) is 4.79 Å². The van der Waals surface area contributed by atoms with Crippen LogP contribution in [0.25, 0.3) is 10.2 Å². The number of hydrogen-bond donors (Lipinski definition) is 2. The van der Waals surface area contributed by atoms with Crippen LogP contribution in [0.5, 0.6) is 0 Å². The van der Waals surface area contributed by atoms with Gasteiger partial charge in [-0.2, -0.15) is 0 Å². The normalized spacial score (nSPS) is 12.7. The second-order valence-electron chi connectivity index (χ2n) is 7.57. The van der Waals surface area contributed by atoms with Crippen molar-refractivity contribution in [2.24, 2.45) is 0 Å². The van der Waals surface area contributed by atoms with Crippen molar-refractivity contribution in [3.05, 3.63) is 76.4 Å². The zero-order chi connectivity index (χ0) is 20.5. The molecule has 0 saturated heterocycles. The SMILES string of the molecule is CC(=O)Nc1ccc(Nc2nc(Cc3ccccc3)nc3sc4c(c23)CCC4)cc1. The molecule has 150 valence electrons. The number of aromatic nitrogens is 2. The van der Waals surface area contributed by atoms with E-state index in [2.05, 4.69) is 22.8 Å². The van der Waals surface area contributed by atoms with Crippen molar-refractivity contribution in [2.75, 3.05) is 10.6 Å². The summed E-state index contributed by atoms with van der Waals surface area (Å²) < 4.78 is 0. The molecule has 5 rings (SSSR count). The minimum Gasteiger partial charge on any atom is -0.340 e. The standard InChI is InChI=1S/C24H22N4OS/c1-15(29)25-17-10-12-18(13-11-17)26-23-22-19-8-5-9-20(19)30-24(22)28-21(27-23)14-16-6-3-2-4-7-16/h2-4,6-7,10-13H,5,8-9,14H2,1H3,(H,25,29)(H,26,27,28). The van der Waals surface area contributed by atoms with Gasteiger partial charge in [0.15, 0.2) is 0 Å². The van der Waals surface area contributed by atoms with Gasteiger partial charge in [-0.05, 0) is 54.7 Å². The van der Waals surface area contributed by atoms with Gasteiger partial charge in [0.05, 0.1) is 5.39 Å². The first-order chi connectivity index (χ1) is 14.7. The molecule has 4 aromatic rings. The van der Waals surface area contributed by atoms with E-state index in [9.17, 15) is 4.79 Å². The lowest BCUT2D eigenvalue weighted by atomic mass is 10.1. The maximum atomic E-state index is 11.3. The smallest absolute Gasteiger partial charge is 0.221 e. The summed E-state index contributed by atoms with van der Waals surface area (Å²) in [4.78, 5) is 23.6. The molecular formula is C24H22N4OS. The van der Waals surface area contributed by atoms with E-state index < -0.39 is 0 Å². The van der Waals surface area contributed by atoms with Crippen LogP contribution in [0, 0.1) is 0 Å². The molecule has 0 atom stereocenters. The molecule has 30 heavy (non-hydrogen) atoms. The molecule has 2 aromatic heterocycles. The van der Waals surface area contributed by atoms with Gasteiger partial charge in [-0.25, -0.2) is 9.97 Å². The molecular weight excluding hydrogens is 392 g/mol. The zero-order valence-electron chi connectivity index (χ0n) is 16.7. The van der Waals surface area contributed by atoms with Crippen LogP contribution in [0.3, 0.4) is 0 Å². The Kier molecular flexibility index (Phi) is 4.93. The Morgan fingerprint density at radius 2 is 1.77 bits per heavy atom. The molecule has 0 radical (unpaired) electrons. The molecule has 1 aliphatic rings. The van der Waals surface area contributed by atoms with Gasteiger partial charge in [0.25, 0.3) is 0 Å². The van der Waals surface area contributed by atoms with E-state index >= 15 is 0 Å². The van der Waals surface area contributed by atoms with Gasteiger partial charge in [-0.1, -0.05) is 30.3 Å². The fourth-order valence-electron chi connectivity index (χ4n) is 3.96. The number of thiophene rings is 1. The molecule has 2 aromatic carbocycles. The number of hydrogen-bond acceptors (Lipinski definition) is 5. The summed E-state index contributed by atoms with van der Waals surface area (Å²) in [5.41, 5.74) is 4.32. The summed E-state index contributed by atoms with van der Waals surface area (Å²) in [5, 5.41) is 7.48. The lowest BCUT2D eigenvalue weighted by Gasteiger charge is -2.11. The predicted octanol–water partition coefficient (Wildman–Crippen LogP) is 5.47. The third kappa shape index (κ3) is 3.78. The number of benzene rings is 2. The van der Waals surface area contributed by atoms with Gasteiger partial charge >= 0.3 is 0 Å². The highest BCUT2D eigenvalue weighted by molar-refractivity contribution is 7.19. The highest BCUT2D eigenvalue weighted by Crippen LogP contribution is 2.40. The Bertz CT molecular complexity index is 1220. The molecule has 0 aliphatic heterocycles. The van der Waals surface area contributed by atoms with Crippen LogP contribution in [-0.4, -0.2) is 15.9 Å².